The molecule has 2 amide bonds. The quantitative estimate of drug-likeness (QED) is 0.257. The average molecular weight is 673 g/mol. The van der Waals surface area contributed by atoms with Gasteiger partial charge >= 0.3 is 6.18 Å². The standard InChI is InChI=1S/C28H26ClF3N10O2.CH2O2/c29-21-13-18(1-2-19(21)27(44)40-9-7-39(8-10-40)26(43)16-11-17(34)12-16)37-24-25-36-14-22(42(25)6-4-35-24)20-15-41(5-3-33)38-23(20)28(30,31)32;2-1-3/h1-2,4,6,13-17H,5,7-12,34H2,(H,35,37);1H,(H,2,3). The molecule has 0 spiro atoms. The van der Waals surface area contributed by atoms with Gasteiger partial charge < -0.3 is 26.0 Å². The van der Waals surface area contributed by atoms with Crippen LogP contribution in [-0.2, 0) is 22.3 Å². The van der Waals surface area contributed by atoms with Gasteiger partial charge in [0.25, 0.3) is 12.4 Å². The largest absolute Gasteiger partial charge is 0.483 e. The Balaban J connectivity index is 0.00000139. The second-order valence-electron chi connectivity index (χ2n) is 10.8. The Labute approximate surface area is 270 Å². The van der Waals surface area contributed by atoms with Gasteiger partial charge in [0.2, 0.25) is 5.91 Å². The number of carbonyl (C=O) groups is 3. The lowest BCUT2D eigenvalue weighted by atomic mass is 9.80. The molecule has 4 heterocycles. The van der Waals surface area contributed by atoms with Crippen LogP contribution in [0.1, 0.15) is 28.9 Å². The number of imidazole rings is 1. The summed E-state index contributed by atoms with van der Waals surface area (Å²) in [6.07, 6.45) is 1.95. The molecule has 3 aromatic heterocycles. The molecule has 0 radical (unpaired) electrons. The van der Waals surface area contributed by atoms with Crippen molar-refractivity contribution in [3.05, 3.63) is 59.3 Å². The summed E-state index contributed by atoms with van der Waals surface area (Å²) in [6.45, 7) is 1.07. The highest BCUT2D eigenvalue weighted by molar-refractivity contribution is 6.34. The summed E-state index contributed by atoms with van der Waals surface area (Å²) in [4.78, 5) is 46.2. The summed E-state index contributed by atoms with van der Waals surface area (Å²) < 4.78 is 43.6. The Morgan fingerprint density at radius 2 is 1.85 bits per heavy atom. The second kappa shape index (κ2) is 13.6. The van der Waals surface area contributed by atoms with Crippen LogP contribution in [0.2, 0.25) is 5.02 Å². The van der Waals surface area contributed by atoms with Crippen molar-refractivity contribution in [1.82, 2.24) is 33.9 Å². The van der Waals surface area contributed by atoms with Crippen molar-refractivity contribution in [2.24, 2.45) is 11.7 Å². The molecular weight excluding hydrogens is 645 g/mol. The number of benzene rings is 1. The van der Waals surface area contributed by atoms with Gasteiger partial charge in [-0.25, -0.2) is 9.97 Å². The van der Waals surface area contributed by atoms with Crippen molar-refractivity contribution in [1.29, 1.82) is 5.26 Å². The SMILES string of the molecule is N#CCn1cc(-c2cnc3c(Nc4ccc(C(=O)N5CCN(C(=O)C6CC(N)C6)CC5)c(Cl)c4)nccn23)c(C(F)(F)F)n1.O=CO. The molecule has 246 valence electrons. The molecule has 0 unspecified atom stereocenters. The normalized spacial score (nSPS) is 17.7. The third-order valence-corrected chi connectivity index (χ3v) is 8.14. The minimum atomic E-state index is -4.75. The van der Waals surface area contributed by atoms with E-state index in [2.05, 4.69) is 20.4 Å². The first-order chi connectivity index (χ1) is 22.4. The number of nitriles is 1. The van der Waals surface area contributed by atoms with E-state index in [0.29, 0.717) is 50.3 Å². The lowest BCUT2D eigenvalue weighted by Gasteiger charge is -2.40. The Hall–Kier alpha value is -5.21. The van der Waals surface area contributed by atoms with Gasteiger partial charge in [-0.2, -0.15) is 23.5 Å². The van der Waals surface area contributed by atoms with Gasteiger partial charge in [0.05, 0.1) is 34.1 Å². The minimum absolute atomic E-state index is 0.0265. The maximum absolute atomic E-state index is 13.7. The topological polar surface area (TPSA) is 188 Å². The number of nitrogens with one attached hydrogen (secondary N) is 1. The molecular formula is C29H28ClF3N10O4. The van der Waals surface area contributed by atoms with Crippen LogP contribution in [0.3, 0.4) is 0 Å². The van der Waals surface area contributed by atoms with Gasteiger partial charge in [0.1, 0.15) is 6.54 Å². The lowest BCUT2D eigenvalue weighted by Crippen LogP contribution is -2.54. The van der Waals surface area contributed by atoms with Gasteiger partial charge in [-0.1, -0.05) is 11.6 Å². The number of carbonyl (C=O) groups excluding carboxylic acids is 2. The predicted molar refractivity (Wildman–Crippen MR) is 161 cm³/mol. The van der Waals surface area contributed by atoms with Crippen molar-refractivity contribution in [3.63, 3.8) is 0 Å². The summed E-state index contributed by atoms with van der Waals surface area (Å²) in [5.74, 6) is 0.0479. The molecule has 1 aromatic carbocycles. The maximum atomic E-state index is 13.7. The highest BCUT2D eigenvalue weighted by Crippen LogP contribution is 2.37. The van der Waals surface area contributed by atoms with Crippen LogP contribution in [0.25, 0.3) is 16.9 Å². The van der Waals surface area contributed by atoms with Crippen LogP contribution in [0.5, 0.6) is 0 Å². The van der Waals surface area contributed by atoms with E-state index in [-0.39, 0.29) is 64.5 Å². The van der Waals surface area contributed by atoms with Gasteiger partial charge in [-0.3, -0.25) is 23.5 Å². The zero-order valence-corrected chi connectivity index (χ0v) is 25.3. The number of rotatable bonds is 6. The second-order valence-corrected chi connectivity index (χ2v) is 11.2. The number of alkyl halides is 3. The number of nitrogens with zero attached hydrogens (tertiary/aromatic N) is 8. The fourth-order valence-corrected chi connectivity index (χ4v) is 5.76. The molecule has 1 saturated carbocycles. The van der Waals surface area contributed by atoms with Crippen LogP contribution in [0.15, 0.2) is 43.0 Å². The fraction of sp³-hybridized carbons (Fsp3) is 0.345. The zero-order valence-electron chi connectivity index (χ0n) is 24.6. The number of aromatic nitrogens is 5. The Kier molecular flexibility index (Phi) is 9.63. The molecule has 2 aliphatic rings. The van der Waals surface area contributed by atoms with E-state index in [9.17, 15) is 22.8 Å². The third-order valence-electron chi connectivity index (χ3n) is 7.83. The smallest absolute Gasteiger partial charge is 0.435 e. The molecule has 2 fully saturated rings. The van der Waals surface area contributed by atoms with E-state index in [4.69, 9.17) is 32.5 Å². The number of hydrogen-bond donors (Lipinski definition) is 3. The van der Waals surface area contributed by atoms with Gasteiger partial charge in [-0.15, -0.1) is 0 Å². The number of piperazine rings is 1. The van der Waals surface area contributed by atoms with Gasteiger partial charge in [0.15, 0.2) is 17.2 Å². The van der Waals surface area contributed by atoms with Crippen molar-refractivity contribution in [2.45, 2.75) is 31.6 Å². The summed E-state index contributed by atoms with van der Waals surface area (Å²) in [5.41, 5.74) is 5.56. The first kappa shape index (κ1) is 33.2. The molecule has 1 saturated heterocycles. The summed E-state index contributed by atoms with van der Waals surface area (Å²) in [6, 6.07) is 6.64. The van der Waals surface area contributed by atoms with Gasteiger partial charge in [0, 0.05) is 62.4 Å². The van der Waals surface area contributed by atoms with Crippen LogP contribution >= 0.6 is 11.6 Å². The zero-order chi connectivity index (χ0) is 33.9. The van der Waals surface area contributed by atoms with Crippen LogP contribution in [0.4, 0.5) is 24.7 Å². The third kappa shape index (κ3) is 6.98. The van der Waals surface area contributed by atoms with Crippen molar-refractivity contribution >= 4 is 47.0 Å². The average Bonchev–Trinajstić information content (AvgIpc) is 3.65. The number of carboxylic acid groups (broad SMARTS) is 1. The first-order valence-electron chi connectivity index (χ1n) is 14.3. The molecule has 6 rings (SSSR count). The summed E-state index contributed by atoms with van der Waals surface area (Å²) >= 11 is 6.52. The minimum Gasteiger partial charge on any atom is -0.483 e. The van der Waals surface area contributed by atoms with Crippen molar-refractivity contribution in [3.8, 4) is 17.3 Å². The van der Waals surface area contributed by atoms with Crippen LogP contribution < -0.4 is 11.1 Å². The Morgan fingerprint density at radius 1 is 1.17 bits per heavy atom. The van der Waals surface area contributed by atoms with Crippen molar-refractivity contribution < 1.29 is 32.7 Å². The van der Waals surface area contributed by atoms with E-state index in [0.717, 1.165) is 10.9 Å². The monoisotopic (exact) mass is 672 g/mol. The molecule has 18 heteroatoms. The lowest BCUT2D eigenvalue weighted by molar-refractivity contribution is -0.141. The Bertz CT molecular complexity index is 1840. The number of amides is 2. The number of hydrogen-bond acceptors (Lipinski definition) is 9. The molecule has 47 heavy (non-hydrogen) atoms. The van der Waals surface area contributed by atoms with E-state index < -0.39 is 11.9 Å². The summed E-state index contributed by atoms with van der Waals surface area (Å²) in [5, 5.41) is 22.6. The van der Waals surface area contributed by atoms with E-state index >= 15 is 0 Å². The Morgan fingerprint density at radius 3 is 2.47 bits per heavy atom. The van der Waals surface area contributed by atoms with E-state index in [1.807, 2.05) is 0 Å². The van der Waals surface area contributed by atoms with E-state index in [1.54, 1.807) is 34.1 Å². The fourth-order valence-electron chi connectivity index (χ4n) is 5.50. The molecule has 1 aliphatic heterocycles. The molecule has 4 aromatic rings. The molecule has 1 aliphatic carbocycles. The molecule has 4 N–H and O–H groups in total. The molecule has 0 bridgehead atoms. The summed E-state index contributed by atoms with van der Waals surface area (Å²) in [7, 11) is 0. The predicted octanol–water partition coefficient (Wildman–Crippen LogP) is 3.25. The highest BCUT2D eigenvalue weighted by Gasteiger charge is 2.39. The maximum Gasteiger partial charge on any atom is 0.435 e. The number of anilines is 2. The van der Waals surface area contributed by atoms with Crippen LogP contribution in [-0.4, -0.2) is 89.6 Å². The van der Waals surface area contributed by atoms with Gasteiger partial charge in [-0.05, 0) is 31.0 Å². The van der Waals surface area contributed by atoms with E-state index in [1.165, 1.54) is 23.0 Å². The van der Waals surface area contributed by atoms with Crippen LogP contribution in [0, 0.1) is 17.2 Å². The van der Waals surface area contributed by atoms with Crippen molar-refractivity contribution in [2.75, 3.05) is 31.5 Å². The first-order valence-corrected chi connectivity index (χ1v) is 14.6. The highest BCUT2D eigenvalue weighted by atomic mass is 35.5. The number of fused-ring (bicyclic) bond motifs is 1. The number of halogens is 4. The molecule has 0 atom stereocenters. The molecule has 14 nitrogen and oxygen atoms in total. The number of nitrogens with two attached hydrogens (primary N) is 1.